The summed E-state index contributed by atoms with van der Waals surface area (Å²) in [4.78, 5) is 15.5. The van der Waals surface area contributed by atoms with E-state index in [9.17, 15) is 4.79 Å². The van der Waals surface area contributed by atoms with E-state index in [2.05, 4.69) is 20.5 Å². The summed E-state index contributed by atoms with van der Waals surface area (Å²) in [7, 11) is 0. The molecule has 1 fully saturated rings. The Bertz CT molecular complexity index is 357. The molecule has 88 valence electrons. The predicted molar refractivity (Wildman–Crippen MR) is 56.9 cm³/mol. The maximum absolute atomic E-state index is 11.4. The Hall–Kier alpha value is -1.43. The standard InChI is InChI=1S/C10H16N4O2/c1-2-16-10(15)9-12-8(13-14-9)7-5-3-4-6-11-7/h7,11H,2-6H2,1H3,(H,12,13,14)/t7-/m0/s1. The first-order valence-corrected chi connectivity index (χ1v) is 5.64. The molecular weight excluding hydrogens is 208 g/mol. The van der Waals surface area contributed by atoms with Gasteiger partial charge in [-0.25, -0.2) is 9.78 Å². The zero-order valence-electron chi connectivity index (χ0n) is 9.32. The third-order valence-corrected chi connectivity index (χ3v) is 2.60. The average Bonchev–Trinajstić information content (AvgIpc) is 2.80. The Balaban J connectivity index is 2.03. The van der Waals surface area contributed by atoms with Gasteiger partial charge < -0.3 is 10.1 Å². The summed E-state index contributed by atoms with van der Waals surface area (Å²) in [6.45, 7) is 3.08. The average molecular weight is 224 g/mol. The highest BCUT2D eigenvalue weighted by Crippen LogP contribution is 2.19. The maximum atomic E-state index is 11.4. The second-order valence-electron chi connectivity index (χ2n) is 3.77. The largest absolute Gasteiger partial charge is 0.460 e. The molecule has 6 nitrogen and oxygen atoms in total. The summed E-state index contributed by atoms with van der Waals surface area (Å²) in [5, 5.41) is 9.98. The highest BCUT2D eigenvalue weighted by atomic mass is 16.5. The lowest BCUT2D eigenvalue weighted by atomic mass is 10.0. The molecule has 0 amide bonds. The lowest BCUT2D eigenvalue weighted by Crippen LogP contribution is -2.27. The van der Waals surface area contributed by atoms with Crippen molar-refractivity contribution in [2.24, 2.45) is 0 Å². The Morgan fingerprint density at radius 1 is 1.56 bits per heavy atom. The molecule has 2 heterocycles. The van der Waals surface area contributed by atoms with Gasteiger partial charge in [-0.05, 0) is 26.3 Å². The van der Waals surface area contributed by atoms with E-state index < -0.39 is 5.97 Å². The summed E-state index contributed by atoms with van der Waals surface area (Å²) >= 11 is 0. The quantitative estimate of drug-likeness (QED) is 0.742. The van der Waals surface area contributed by atoms with Crippen molar-refractivity contribution in [3.05, 3.63) is 11.6 Å². The SMILES string of the molecule is CCOC(=O)c1n[nH]c([C@@H]2CCCCN2)n1. The zero-order valence-corrected chi connectivity index (χ0v) is 9.32. The van der Waals surface area contributed by atoms with E-state index in [1.807, 2.05) is 0 Å². The lowest BCUT2D eigenvalue weighted by Gasteiger charge is -2.20. The van der Waals surface area contributed by atoms with Gasteiger partial charge in [0.25, 0.3) is 5.82 Å². The Morgan fingerprint density at radius 3 is 3.12 bits per heavy atom. The van der Waals surface area contributed by atoms with Crippen LogP contribution in [0.25, 0.3) is 0 Å². The Kier molecular flexibility index (Phi) is 3.51. The van der Waals surface area contributed by atoms with Gasteiger partial charge in [-0.15, -0.1) is 5.10 Å². The zero-order chi connectivity index (χ0) is 11.4. The molecule has 0 unspecified atom stereocenters. The molecule has 0 aromatic carbocycles. The predicted octanol–water partition coefficient (Wildman–Crippen LogP) is 0.796. The van der Waals surface area contributed by atoms with Gasteiger partial charge in [-0.2, -0.15) is 0 Å². The molecule has 2 N–H and O–H groups in total. The summed E-state index contributed by atoms with van der Waals surface area (Å²) < 4.78 is 4.82. The van der Waals surface area contributed by atoms with Gasteiger partial charge in [-0.3, -0.25) is 5.10 Å². The van der Waals surface area contributed by atoms with Crippen molar-refractivity contribution in [2.75, 3.05) is 13.2 Å². The molecule has 0 radical (unpaired) electrons. The van der Waals surface area contributed by atoms with Gasteiger partial charge in [0.1, 0.15) is 5.82 Å². The second kappa shape index (κ2) is 5.07. The fraction of sp³-hybridized carbons (Fsp3) is 0.700. The van der Waals surface area contributed by atoms with Crippen molar-refractivity contribution >= 4 is 5.97 Å². The first kappa shape index (κ1) is 11.1. The van der Waals surface area contributed by atoms with Gasteiger partial charge in [0.15, 0.2) is 0 Å². The Labute approximate surface area is 93.8 Å². The monoisotopic (exact) mass is 224 g/mol. The second-order valence-corrected chi connectivity index (χ2v) is 3.77. The van der Waals surface area contributed by atoms with E-state index in [0.29, 0.717) is 6.61 Å². The highest BCUT2D eigenvalue weighted by molar-refractivity contribution is 5.84. The molecule has 6 heteroatoms. The number of aromatic nitrogens is 3. The molecule has 1 aliphatic heterocycles. The number of H-pyrrole nitrogens is 1. The van der Waals surface area contributed by atoms with Crippen LogP contribution in [-0.4, -0.2) is 34.3 Å². The molecule has 2 rings (SSSR count). The number of rotatable bonds is 3. The highest BCUT2D eigenvalue weighted by Gasteiger charge is 2.20. The summed E-state index contributed by atoms with van der Waals surface area (Å²) in [5.74, 6) is 0.368. The van der Waals surface area contributed by atoms with Crippen LogP contribution in [-0.2, 0) is 4.74 Å². The van der Waals surface area contributed by atoms with Crippen molar-refractivity contribution in [1.82, 2.24) is 20.5 Å². The van der Waals surface area contributed by atoms with Gasteiger partial charge in [0.2, 0.25) is 0 Å². The van der Waals surface area contributed by atoms with Crippen LogP contribution in [0.1, 0.15) is 48.7 Å². The van der Waals surface area contributed by atoms with Crippen molar-refractivity contribution < 1.29 is 9.53 Å². The van der Waals surface area contributed by atoms with E-state index in [-0.39, 0.29) is 11.9 Å². The molecule has 1 aliphatic rings. The van der Waals surface area contributed by atoms with Crippen LogP contribution in [0.5, 0.6) is 0 Å². The van der Waals surface area contributed by atoms with Crippen molar-refractivity contribution in [1.29, 1.82) is 0 Å². The molecule has 1 aromatic rings. The number of aromatic amines is 1. The fourth-order valence-electron chi connectivity index (χ4n) is 1.80. The van der Waals surface area contributed by atoms with Crippen LogP contribution in [0.2, 0.25) is 0 Å². The fourth-order valence-corrected chi connectivity index (χ4v) is 1.80. The van der Waals surface area contributed by atoms with Crippen LogP contribution in [0, 0.1) is 0 Å². The van der Waals surface area contributed by atoms with E-state index >= 15 is 0 Å². The van der Waals surface area contributed by atoms with Crippen LogP contribution in [0.4, 0.5) is 0 Å². The van der Waals surface area contributed by atoms with E-state index in [4.69, 9.17) is 4.74 Å². The third-order valence-electron chi connectivity index (χ3n) is 2.60. The maximum Gasteiger partial charge on any atom is 0.378 e. The van der Waals surface area contributed by atoms with E-state index in [0.717, 1.165) is 18.8 Å². The van der Waals surface area contributed by atoms with Crippen molar-refractivity contribution in [3.63, 3.8) is 0 Å². The number of piperidine rings is 1. The molecule has 0 spiro atoms. The van der Waals surface area contributed by atoms with Gasteiger partial charge in [-0.1, -0.05) is 6.42 Å². The number of nitrogens with one attached hydrogen (secondary N) is 2. The minimum Gasteiger partial charge on any atom is -0.460 e. The number of carbonyl (C=O) groups is 1. The Morgan fingerprint density at radius 2 is 2.44 bits per heavy atom. The summed E-state index contributed by atoms with van der Waals surface area (Å²) in [6, 6.07) is 0.185. The van der Waals surface area contributed by atoms with Crippen LogP contribution < -0.4 is 5.32 Å². The summed E-state index contributed by atoms with van der Waals surface area (Å²) in [5.41, 5.74) is 0. The van der Waals surface area contributed by atoms with Crippen LogP contribution in [0.3, 0.4) is 0 Å². The van der Waals surface area contributed by atoms with Gasteiger partial charge >= 0.3 is 5.97 Å². The molecule has 0 aliphatic carbocycles. The van der Waals surface area contributed by atoms with E-state index in [1.54, 1.807) is 6.92 Å². The van der Waals surface area contributed by atoms with Crippen LogP contribution >= 0.6 is 0 Å². The number of nitrogens with zero attached hydrogens (tertiary/aromatic N) is 2. The van der Waals surface area contributed by atoms with Gasteiger partial charge in [0.05, 0.1) is 12.6 Å². The normalized spacial score (nSPS) is 20.7. The topological polar surface area (TPSA) is 79.9 Å². The van der Waals surface area contributed by atoms with Crippen LogP contribution in [0.15, 0.2) is 0 Å². The molecular formula is C10H16N4O2. The minimum absolute atomic E-state index is 0.115. The first-order chi connectivity index (χ1) is 7.81. The number of carbonyl (C=O) groups excluding carboxylic acids is 1. The number of hydrogen-bond acceptors (Lipinski definition) is 5. The van der Waals surface area contributed by atoms with E-state index in [1.165, 1.54) is 12.8 Å². The van der Waals surface area contributed by atoms with Crippen molar-refractivity contribution in [2.45, 2.75) is 32.2 Å². The van der Waals surface area contributed by atoms with Crippen molar-refractivity contribution in [3.8, 4) is 0 Å². The first-order valence-electron chi connectivity index (χ1n) is 5.64. The van der Waals surface area contributed by atoms with Gasteiger partial charge in [0, 0.05) is 0 Å². The minimum atomic E-state index is -0.471. The molecule has 1 atom stereocenters. The smallest absolute Gasteiger partial charge is 0.378 e. The lowest BCUT2D eigenvalue weighted by molar-refractivity contribution is 0.0512. The molecule has 1 saturated heterocycles. The number of hydrogen-bond donors (Lipinski definition) is 2. The summed E-state index contributed by atoms with van der Waals surface area (Å²) in [6.07, 6.45) is 3.39. The molecule has 16 heavy (non-hydrogen) atoms. The molecule has 0 saturated carbocycles. The number of ether oxygens (including phenoxy) is 1. The molecule has 1 aromatic heterocycles. The third kappa shape index (κ3) is 2.38. The molecule has 0 bridgehead atoms. The number of esters is 1.